The van der Waals surface area contributed by atoms with E-state index >= 15 is 0 Å². The van der Waals surface area contributed by atoms with Gasteiger partial charge in [-0.25, -0.2) is 0 Å². The summed E-state index contributed by atoms with van der Waals surface area (Å²) in [6, 6.07) is 3.68. The second kappa shape index (κ2) is 4.12. The molecule has 1 aliphatic rings. The third kappa shape index (κ3) is 1.78. The fraction of sp³-hybridized carbons (Fsp3) is 0.286. The number of hydrogen-bond donors (Lipinski definition) is 2. The number of aromatic nitrogens is 1. The summed E-state index contributed by atoms with van der Waals surface area (Å²) in [6.45, 7) is 1.75. The number of nitrogens with two attached hydrogens (primary N) is 1. The number of hydrogen-bond acceptors (Lipinski definition) is 3. The Kier molecular flexibility index (Phi) is 2.55. The first-order valence-electron chi connectivity index (χ1n) is 6.15. The molecule has 0 aromatic carbocycles. The van der Waals surface area contributed by atoms with Crippen molar-refractivity contribution in [3.63, 3.8) is 0 Å². The van der Waals surface area contributed by atoms with Crippen LogP contribution < -0.4 is 5.73 Å². The van der Waals surface area contributed by atoms with E-state index in [0.717, 1.165) is 11.5 Å². The molecule has 19 heavy (non-hydrogen) atoms. The molecule has 3 N–H and O–H groups in total. The van der Waals surface area contributed by atoms with E-state index in [0.29, 0.717) is 29.7 Å². The molecule has 0 saturated carbocycles. The molecule has 98 valence electrons. The summed E-state index contributed by atoms with van der Waals surface area (Å²) in [5, 5.41) is 0. The van der Waals surface area contributed by atoms with Gasteiger partial charge in [0.2, 0.25) is 0 Å². The predicted molar refractivity (Wildman–Crippen MR) is 68.1 cm³/mol. The van der Waals surface area contributed by atoms with Crippen LogP contribution in [0.2, 0.25) is 0 Å². The van der Waals surface area contributed by atoms with E-state index in [1.165, 1.54) is 0 Å². The number of furan rings is 1. The van der Waals surface area contributed by atoms with Crippen molar-refractivity contribution in [2.75, 3.05) is 0 Å². The molecular weight excluding hydrogens is 244 g/mol. The number of amides is 1. The van der Waals surface area contributed by atoms with Gasteiger partial charge in [-0.2, -0.15) is 0 Å². The van der Waals surface area contributed by atoms with E-state index in [2.05, 4.69) is 4.98 Å². The highest BCUT2D eigenvalue weighted by Gasteiger charge is 2.32. The number of fused-ring (bicyclic) bond motifs is 1. The van der Waals surface area contributed by atoms with Gasteiger partial charge in [0.15, 0.2) is 5.78 Å². The lowest BCUT2D eigenvalue weighted by molar-refractivity contribution is 0.0958. The van der Waals surface area contributed by atoms with Crippen LogP contribution in [0.4, 0.5) is 0 Å². The van der Waals surface area contributed by atoms with Crippen molar-refractivity contribution in [2.45, 2.75) is 25.7 Å². The Morgan fingerprint density at radius 1 is 1.47 bits per heavy atom. The molecular formula is C14H14N2O3. The molecule has 0 spiro atoms. The Morgan fingerprint density at radius 2 is 2.26 bits per heavy atom. The molecule has 3 rings (SSSR count). The highest BCUT2D eigenvalue weighted by molar-refractivity contribution is 6.04. The summed E-state index contributed by atoms with van der Waals surface area (Å²) in [5.74, 6) is 0.318. The van der Waals surface area contributed by atoms with Crippen LogP contribution in [0.5, 0.6) is 0 Å². The van der Waals surface area contributed by atoms with Crippen molar-refractivity contribution in [2.24, 2.45) is 5.73 Å². The first kappa shape index (κ1) is 11.8. The van der Waals surface area contributed by atoms with Gasteiger partial charge in [-0.15, -0.1) is 0 Å². The van der Waals surface area contributed by atoms with Gasteiger partial charge in [-0.05, 0) is 31.0 Å². The second-order valence-electron chi connectivity index (χ2n) is 4.89. The lowest BCUT2D eigenvalue weighted by Gasteiger charge is -2.19. The van der Waals surface area contributed by atoms with Gasteiger partial charge >= 0.3 is 0 Å². The predicted octanol–water partition coefficient (Wildman–Crippen LogP) is 1.93. The van der Waals surface area contributed by atoms with Crippen molar-refractivity contribution in [1.29, 1.82) is 0 Å². The molecule has 0 fully saturated rings. The number of carbonyl (C=O) groups excluding carboxylic acids is 2. The maximum Gasteiger partial charge on any atom is 0.265 e. The molecule has 1 amide bonds. The van der Waals surface area contributed by atoms with Gasteiger partial charge < -0.3 is 15.1 Å². The molecule has 0 bridgehead atoms. The standard InChI is InChI=1S/C14H14N2O3/c1-7-12-9(16-13(7)14(15)18)5-8(6-10(12)17)11-3-2-4-19-11/h2-4,8,16H,5-6H2,1H3,(H2,15,18). The number of rotatable bonds is 2. The number of primary amides is 1. The lowest BCUT2D eigenvalue weighted by Crippen LogP contribution is -2.18. The fourth-order valence-corrected chi connectivity index (χ4v) is 2.80. The topological polar surface area (TPSA) is 89.1 Å². The largest absolute Gasteiger partial charge is 0.469 e. The van der Waals surface area contributed by atoms with Crippen LogP contribution in [0.3, 0.4) is 0 Å². The van der Waals surface area contributed by atoms with E-state index in [-0.39, 0.29) is 11.7 Å². The number of Topliss-reactive ketones (excluding diaryl/α,β-unsaturated/α-hetero) is 1. The van der Waals surface area contributed by atoms with Crippen molar-refractivity contribution in [3.8, 4) is 0 Å². The minimum Gasteiger partial charge on any atom is -0.469 e. The van der Waals surface area contributed by atoms with E-state index in [4.69, 9.17) is 10.2 Å². The molecule has 0 radical (unpaired) electrons. The molecule has 1 aliphatic carbocycles. The number of nitrogens with one attached hydrogen (secondary N) is 1. The Labute approximate surface area is 109 Å². The van der Waals surface area contributed by atoms with E-state index < -0.39 is 5.91 Å². The molecule has 2 aromatic rings. The minimum absolute atomic E-state index is 0.0220. The summed E-state index contributed by atoms with van der Waals surface area (Å²) in [5.41, 5.74) is 7.69. The van der Waals surface area contributed by atoms with E-state index in [9.17, 15) is 9.59 Å². The monoisotopic (exact) mass is 258 g/mol. The smallest absolute Gasteiger partial charge is 0.265 e. The summed E-state index contributed by atoms with van der Waals surface area (Å²) in [7, 11) is 0. The molecule has 2 heterocycles. The SMILES string of the molecule is Cc1c(C(N)=O)[nH]c2c1C(=O)CC(c1ccco1)C2. The van der Waals surface area contributed by atoms with Crippen LogP contribution in [0.25, 0.3) is 0 Å². The van der Waals surface area contributed by atoms with Gasteiger partial charge in [0.25, 0.3) is 5.91 Å². The molecule has 1 atom stereocenters. The Hall–Kier alpha value is -2.30. The van der Waals surface area contributed by atoms with Gasteiger partial charge in [0.05, 0.1) is 6.26 Å². The molecule has 5 heteroatoms. The Morgan fingerprint density at radius 3 is 2.89 bits per heavy atom. The lowest BCUT2D eigenvalue weighted by atomic mass is 9.84. The molecule has 0 saturated heterocycles. The summed E-state index contributed by atoms with van der Waals surface area (Å²) < 4.78 is 5.36. The summed E-state index contributed by atoms with van der Waals surface area (Å²) in [6.07, 6.45) is 2.66. The van der Waals surface area contributed by atoms with Crippen molar-refractivity contribution < 1.29 is 14.0 Å². The van der Waals surface area contributed by atoms with Crippen molar-refractivity contribution >= 4 is 11.7 Å². The van der Waals surface area contributed by atoms with Crippen LogP contribution in [0, 0.1) is 6.92 Å². The molecule has 0 aliphatic heterocycles. The molecule has 2 aromatic heterocycles. The minimum atomic E-state index is -0.533. The third-order valence-electron chi connectivity index (χ3n) is 3.68. The highest BCUT2D eigenvalue weighted by Crippen LogP contribution is 2.34. The maximum absolute atomic E-state index is 12.2. The van der Waals surface area contributed by atoms with Crippen molar-refractivity contribution in [3.05, 3.63) is 46.7 Å². The van der Waals surface area contributed by atoms with E-state index in [1.807, 2.05) is 12.1 Å². The maximum atomic E-state index is 12.2. The van der Waals surface area contributed by atoms with Gasteiger partial charge in [-0.3, -0.25) is 9.59 Å². The van der Waals surface area contributed by atoms with Crippen LogP contribution in [0.1, 0.15) is 50.2 Å². The number of aromatic amines is 1. The Balaban J connectivity index is 2.03. The first-order chi connectivity index (χ1) is 9.08. The summed E-state index contributed by atoms with van der Waals surface area (Å²) in [4.78, 5) is 26.5. The van der Waals surface area contributed by atoms with Crippen LogP contribution in [-0.4, -0.2) is 16.7 Å². The Bertz CT molecular complexity index is 653. The first-order valence-corrected chi connectivity index (χ1v) is 6.15. The van der Waals surface area contributed by atoms with Crippen LogP contribution in [-0.2, 0) is 6.42 Å². The van der Waals surface area contributed by atoms with Crippen molar-refractivity contribution in [1.82, 2.24) is 4.98 Å². The zero-order valence-electron chi connectivity index (χ0n) is 10.5. The van der Waals surface area contributed by atoms with Gasteiger partial charge in [-0.1, -0.05) is 0 Å². The quantitative estimate of drug-likeness (QED) is 0.862. The summed E-state index contributed by atoms with van der Waals surface area (Å²) >= 11 is 0. The van der Waals surface area contributed by atoms with E-state index in [1.54, 1.807) is 13.2 Å². The third-order valence-corrected chi connectivity index (χ3v) is 3.68. The highest BCUT2D eigenvalue weighted by atomic mass is 16.3. The van der Waals surface area contributed by atoms with Crippen LogP contribution in [0.15, 0.2) is 22.8 Å². The average molecular weight is 258 g/mol. The normalized spacial score (nSPS) is 18.4. The van der Waals surface area contributed by atoms with Gasteiger partial charge in [0, 0.05) is 23.6 Å². The zero-order chi connectivity index (χ0) is 13.6. The number of H-pyrrole nitrogens is 1. The average Bonchev–Trinajstić information content (AvgIpc) is 2.96. The zero-order valence-corrected chi connectivity index (χ0v) is 10.5. The van der Waals surface area contributed by atoms with Gasteiger partial charge in [0.1, 0.15) is 11.5 Å². The fourth-order valence-electron chi connectivity index (χ4n) is 2.80. The second-order valence-corrected chi connectivity index (χ2v) is 4.89. The number of ketones is 1. The number of carbonyl (C=O) groups is 2. The molecule has 1 unspecified atom stereocenters. The molecule has 5 nitrogen and oxygen atoms in total. The van der Waals surface area contributed by atoms with Crippen LogP contribution >= 0.6 is 0 Å².